The van der Waals surface area contributed by atoms with Crippen molar-refractivity contribution >= 4 is 38.9 Å². The summed E-state index contributed by atoms with van der Waals surface area (Å²) >= 11 is 6.41. The largest absolute Gasteiger partial charge is 0.468 e. The second kappa shape index (κ2) is 8.67. The Kier molecular flexibility index (Phi) is 6.89. The summed E-state index contributed by atoms with van der Waals surface area (Å²) in [5.41, 5.74) is 1.79. The van der Waals surface area contributed by atoms with E-state index in [-0.39, 0.29) is 0 Å². The lowest BCUT2D eigenvalue weighted by Crippen LogP contribution is -2.30. The lowest BCUT2D eigenvalue weighted by molar-refractivity contribution is 0.301. The fraction of sp³-hybridized carbons (Fsp3) is 0.400. The van der Waals surface area contributed by atoms with Gasteiger partial charge in [0.25, 0.3) is 0 Å². The van der Waals surface area contributed by atoms with Crippen LogP contribution in [0.2, 0.25) is 5.02 Å². The highest BCUT2D eigenvalue weighted by atomic mass is 35.7. The average molecular weight is 360 g/mol. The average Bonchev–Trinajstić information content (AvgIpc) is 3.00. The molecule has 0 N–H and O–H groups in total. The van der Waals surface area contributed by atoms with Gasteiger partial charge in [-0.15, -0.1) is 0 Å². The van der Waals surface area contributed by atoms with Crippen molar-refractivity contribution in [3.05, 3.63) is 47.1 Å². The zero-order valence-corrected chi connectivity index (χ0v) is 15.0. The summed E-state index contributed by atoms with van der Waals surface area (Å²) in [6.45, 7) is 2.54. The Morgan fingerprint density at radius 2 is 2.09 bits per heavy atom. The molecule has 0 saturated heterocycles. The first-order valence-corrected chi connectivity index (χ1v) is 9.09. The number of anilines is 1. The number of hydrogen-bond acceptors (Lipinski definition) is 5. The SMILES string of the molecule is CN(CCN(C)c1ccnc(CSCl)c1Cl)Cc1ccco1. The van der Waals surface area contributed by atoms with Crippen molar-refractivity contribution in [2.24, 2.45) is 0 Å². The van der Waals surface area contributed by atoms with E-state index >= 15 is 0 Å². The number of nitrogens with zero attached hydrogens (tertiary/aromatic N) is 3. The molecule has 2 rings (SSSR count). The summed E-state index contributed by atoms with van der Waals surface area (Å²) in [7, 11) is 11.0. The number of pyridine rings is 1. The van der Waals surface area contributed by atoms with Crippen LogP contribution in [0.4, 0.5) is 5.69 Å². The first-order valence-electron chi connectivity index (χ1n) is 6.90. The molecular weight excluding hydrogens is 341 g/mol. The van der Waals surface area contributed by atoms with E-state index < -0.39 is 0 Å². The molecule has 22 heavy (non-hydrogen) atoms. The van der Waals surface area contributed by atoms with E-state index in [9.17, 15) is 0 Å². The second-order valence-corrected chi connectivity index (χ2v) is 6.62. The number of likely N-dealkylation sites (N-methyl/N-ethyl adjacent to an activating group) is 2. The standard InChI is InChI=1S/C15H19Cl2N3OS/c1-19(10-12-4-3-9-21-12)7-8-20(2)14-5-6-18-13(11-22-17)15(14)16/h3-6,9H,7-8,10-11H2,1-2H3. The van der Waals surface area contributed by atoms with Gasteiger partial charge in [0.1, 0.15) is 5.76 Å². The van der Waals surface area contributed by atoms with E-state index in [1.54, 1.807) is 12.5 Å². The van der Waals surface area contributed by atoms with Gasteiger partial charge in [-0.1, -0.05) is 11.6 Å². The minimum atomic E-state index is 0.598. The summed E-state index contributed by atoms with van der Waals surface area (Å²) in [5, 5.41) is 0.673. The topological polar surface area (TPSA) is 32.5 Å². The molecule has 0 aliphatic carbocycles. The molecule has 0 aliphatic heterocycles. The van der Waals surface area contributed by atoms with Crippen LogP contribution in [-0.4, -0.2) is 37.1 Å². The van der Waals surface area contributed by atoms with Gasteiger partial charge < -0.3 is 9.32 Å². The van der Waals surface area contributed by atoms with Crippen molar-refractivity contribution < 1.29 is 4.42 Å². The first kappa shape index (κ1) is 17.5. The molecule has 2 aromatic heterocycles. The maximum absolute atomic E-state index is 6.41. The first-order chi connectivity index (χ1) is 10.6. The molecule has 2 aromatic rings. The van der Waals surface area contributed by atoms with Crippen LogP contribution >= 0.6 is 33.3 Å². The van der Waals surface area contributed by atoms with Crippen molar-refractivity contribution in [3.63, 3.8) is 0 Å². The summed E-state index contributed by atoms with van der Waals surface area (Å²) in [4.78, 5) is 8.61. The van der Waals surface area contributed by atoms with Crippen molar-refractivity contribution in [1.82, 2.24) is 9.88 Å². The van der Waals surface area contributed by atoms with Crippen LogP contribution in [0, 0.1) is 0 Å². The lowest BCUT2D eigenvalue weighted by Gasteiger charge is -2.24. The maximum Gasteiger partial charge on any atom is 0.117 e. The Hall–Kier alpha value is -0.880. The summed E-state index contributed by atoms with van der Waals surface area (Å²) in [5.74, 6) is 1.56. The molecule has 120 valence electrons. The third kappa shape index (κ3) is 4.81. The summed E-state index contributed by atoms with van der Waals surface area (Å²) in [6.07, 6.45) is 3.47. The van der Waals surface area contributed by atoms with E-state index in [4.69, 9.17) is 26.7 Å². The van der Waals surface area contributed by atoms with E-state index in [2.05, 4.69) is 21.8 Å². The van der Waals surface area contributed by atoms with Crippen molar-refractivity contribution in [1.29, 1.82) is 0 Å². The normalized spacial score (nSPS) is 11.1. The third-order valence-corrected chi connectivity index (χ3v) is 4.49. The molecule has 7 heteroatoms. The molecule has 0 amide bonds. The Labute approximate surface area is 144 Å². The van der Waals surface area contributed by atoms with E-state index in [0.717, 1.165) is 36.8 Å². The van der Waals surface area contributed by atoms with E-state index in [1.165, 1.54) is 11.0 Å². The molecule has 0 aliphatic rings. The molecule has 0 aromatic carbocycles. The number of rotatable bonds is 8. The van der Waals surface area contributed by atoms with Gasteiger partial charge in [0.15, 0.2) is 0 Å². The van der Waals surface area contributed by atoms with Gasteiger partial charge >= 0.3 is 0 Å². The molecule has 4 nitrogen and oxygen atoms in total. The minimum absolute atomic E-state index is 0.598. The highest BCUT2D eigenvalue weighted by molar-refractivity contribution is 8.20. The molecule has 0 spiro atoms. The van der Waals surface area contributed by atoms with Crippen LogP contribution in [0.3, 0.4) is 0 Å². The minimum Gasteiger partial charge on any atom is -0.468 e. The van der Waals surface area contributed by atoms with Crippen LogP contribution in [0.25, 0.3) is 0 Å². The number of hydrogen-bond donors (Lipinski definition) is 0. The van der Waals surface area contributed by atoms with Crippen molar-refractivity contribution in [2.75, 3.05) is 32.1 Å². The smallest absolute Gasteiger partial charge is 0.117 e. The van der Waals surface area contributed by atoms with E-state index in [0.29, 0.717) is 10.8 Å². The molecule has 0 radical (unpaired) electrons. The van der Waals surface area contributed by atoms with Crippen LogP contribution in [-0.2, 0) is 12.3 Å². The van der Waals surface area contributed by atoms with Crippen LogP contribution in [0.1, 0.15) is 11.5 Å². The zero-order valence-electron chi connectivity index (χ0n) is 12.6. The van der Waals surface area contributed by atoms with Crippen LogP contribution < -0.4 is 4.90 Å². The predicted octanol–water partition coefficient (Wildman–Crippen LogP) is 4.28. The van der Waals surface area contributed by atoms with Gasteiger partial charge in [-0.2, -0.15) is 0 Å². The molecule has 0 saturated carbocycles. The Morgan fingerprint density at radius 1 is 1.27 bits per heavy atom. The Bertz CT molecular complexity index is 580. The maximum atomic E-state index is 6.41. The van der Waals surface area contributed by atoms with Gasteiger partial charge in [-0.05, 0) is 46.9 Å². The third-order valence-electron chi connectivity index (χ3n) is 3.37. The van der Waals surface area contributed by atoms with Crippen LogP contribution in [0.5, 0.6) is 0 Å². The van der Waals surface area contributed by atoms with Gasteiger partial charge in [-0.3, -0.25) is 9.88 Å². The fourth-order valence-electron chi connectivity index (χ4n) is 2.11. The Morgan fingerprint density at radius 3 is 2.77 bits per heavy atom. The highest BCUT2D eigenvalue weighted by Gasteiger charge is 2.12. The van der Waals surface area contributed by atoms with Crippen molar-refractivity contribution in [3.8, 4) is 0 Å². The van der Waals surface area contributed by atoms with E-state index in [1.807, 2.05) is 25.2 Å². The summed E-state index contributed by atoms with van der Waals surface area (Å²) in [6, 6.07) is 5.82. The van der Waals surface area contributed by atoms with Gasteiger partial charge in [0, 0.05) is 26.3 Å². The number of aromatic nitrogens is 1. The quantitative estimate of drug-likeness (QED) is 0.702. The second-order valence-electron chi connectivity index (χ2n) is 5.08. The van der Waals surface area contributed by atoms with Gasteiger partial charge in [0.2, 0.25) is 0 Å². The highest BCUT2D eigenvalue weighted by Crippen LogP contribution is 2.30. The Balaban J connectivity index is 1.91. The number of furan rings is 1. The summed E-state index contributed by atoms with van der Waals surface area (Å²) < 4.78 is 5.36. The number of halogens is 2. The molecule has 0 unspecified atom stereocenters. The molecule has 0 bridgehead atoms. The van der Waals surface area contributed by atoms with Crippen LogP contribution in [0.15, 0.2) is 35.1 Å². The molecular formula is C15H19Cl2N3OS. The monoisotopic (exact) mass is 359 g/mol. The molecule has 0 fully saturated rings. The van der Waals surface area contributed by atoms with Crippen molar-refractivity contribution in [2.45, 2.75) is 12.3 Å². The molecule has 2 heterocycles. The zero-order chi connectivity index (χ0) is 15.9. The lowest BCUT2D eigenvalue weighted by atomic mass is 10.3. The predicted molar refractivity (Wildman–Crippen MR) is 94.7 cm³/mol. The fourth-order valence-corrected chi connectivity index (χ4v) is 3.15. The van der Waals surface area contributed by atoms with Gasteiger partial charge in [-0.25, -0.2) is 0 Å². The molecule has 0 atom stereocenters. The van der Waals surface area contributed by atoms with Gasteiger partial charge in [0.05, 0.1) is 35.0 Å².